The molecule has 0 fully saturated rings. The molecule has 6 heteroatoms. The minimum atomic E-state index is 0.682. The van der Waals surface area contributed by atoms with Crippen LogP contribution in [0.4, 0.5) is 5.82 Å². The van der Waals surface area contributed by atoms with E-state index < -0.39 is 0 Å². The van der Waals surface area contributed by atoms with Gasteiger partial charge in [0.05, 0.1) is 5.01 Å². The number of pyridine rings is 1. The summed E-state index contributed by atoms with van der Waals surface area (Å²) in [6, 6.07) is 3.92. The van der Waals surface area contributed by atoms with Crippen molar-refractivity contribution in [3.05, 3.63) is 41.1 Å². The summed E-state index contributed by atoms with van der Waals surface area (Å²) in [4.78, 5) is 19.3. The Morgan fingerprint density at radius 2 is 2.00 bits per heavy atom. The number of anilines is 1. The fourth-order valence-corrected chi connectivity index (χ4v) is 2.42. The van der Waals surface area contributed by atoms with Gasteiger partial charge in [0.1, 0.15) is 11.3 Å². The molecule has 3 aromatic heterocycles. The highest BCUT2D eigenvalue weighted by Gasteiger charge is 2.06. The number of fused-ring (bicyclic) bond motifs is 1. The molecule has 3 rings (SSSR count). The molecule has 0 aliphatic heterocycles. The van der Waals surface area contributed by atoms with E-state index >= 15 is 0 Å². The third-order valence-corrected chi connectivity index (χ3v) is 3.69. The zero-order chi connectivity index (χ0) is 13.1. The Kier molecular flexibility index (Phi) is 3.33. The van der Waals surface area contributed by atoms with E-state index in [1.807, 2.05) is 30.8 Å². The molecule has 0 atom stereocenters. The Labute approximate surface area is 115 Å². The molecule has 0 saturated carbocycles. The second kappa shape index (κ2) is 5.27. The van der Waals surface area contributed by atoms with Gasteiger partial charge in [0.15, 0.2) is 5.65 Å². The van der Waals surface area contributed by atoms with Gasteiger partial charge in [0.25, 0.3) is 0 Å². The molecule has 0 saturated heterocycles. The SMILES string of the molecule is CN(CCc1nccs1)c1ccc2nccnc2n1. The summed E-state index contributed by atoms with van der Waals surface area (Å²) >= 11 is 1.68. The van der Waals surface area contributed by atoms with Gasteiger partial charge in [-0.1, -0.05) is 0 Å². The van der Waals surface area contributed by atoms with Crippen molar-refractivity contribution in [3.63, 3.8) is 0 Å². The number of aromatic nitrogens is 4. The molecular formula is C13H13N5S. The van der Waals surface area contributed by atoms with Crippen molar-refractivity contribution in [1.29, 1.82) is 0 Å². The summed E-state index contributed by atoms with van der Waals surface area (Å²) in [5.74, 6) is 0.907. The Morgan fingerprint density at radius 1 is 1.11 bits per heavy atom. The number of hydrogen-bond acceptors (Lipinski definition) is 6. The first-order valence-electron chi connectivity index (χ1n) is 6.00. The summed E-state index contributed by atoms with van der Waals surface area (Å²) < 4.78 is 0. The van der Waals surface area contributed by atoms with Crippen molar-refractivity contribution in [2.45, 2.75) is 6.42 Å². The molecular weight excluding hydrogens is 258 g/mol. The van der Waals surface area contributed by atoms with Crippen molar-refractivity contribution < 1.29 is 0 Å². The molecule has 0 aromatic carbocycles. The van der Waals surface area contributed by atoms with Crippen LogP contribution >= 0.6 is 11.3 Å². The molecule has 3 heterocycles. The van der Waals surface area contributed by atoms with Crippen LogP contribution in [0.5, 0.6) is 0 Å². The van der Waals surface area contributed by atoms with Crippen LogP contribution < -0.4 is 4.90 Å². The third-order valence-electron chi connectivity index (χ3n) is 2.85. The zero-order valence-electron chi connectivity index (χ0n) is 10.5. The predicted octanol–water partition coefficient (Wildman–Crippen LogP) is 2.16. The molecule has 0 amide bonds. The minimum Gasteiger partial charge on any atom is -0.359 e. The van der Waals surface area contributed by atoms with Crippen molar-refractivity contribution in [3.8, 4) is 0 Å². The molecule has 0 bridgehead atoms. The maximum atomic E-state index is 4.51. The third kappa shape index (κ3) is 2.68. The fraction of sp³-hybridized carbons (Fsp3) is 0.231. The molecule has 0 aliphatic rings. The van der Waals surface area contributed by atoms with E-state index in [-0.39, 0.29) is 0 Å². The van der Waals surface area contributed by atoms with E-state index in [0.29, 0.717) is 5.65 Å². The Balaban J connectivity index is 1.75. The molecule has 0 N–H and O–H groups in total. The predicted molar refractivity (Wildman–Crippen MR) is 76.4 cm³/mol. The number of nitrogens with zero attached hydrogens (tertiary/aromatic N) is 5. The maximum Gasteiger partial charge on any atom is 0.180 e. The standard InChI is InChI=1S/C13H13N5S/c1-18(8-4-12-15-7-9-19-12)11-3-2-10-13(17-11)16-6-5-14-10/h2-3,5-7,9H,4,8H2,1H3. The Bertz CT molecular complexity index is 668. The maximum absolute atomic E-state index is 4.51. The van der Waals surface area contributed by atoms with Crippen LogP contribution in [0, 0.1) is 0 Å². The molecule has 0 radical (unpaired) electrons. The van der Waals surface area contributed by atoms with Gasteiger partial charge in [-0.05, 0) is 12.1 Å². The number of likely N-dealkylation sites (N-methyl/N-ethyl adjacent to an activating group) is 1. The second-order valence-electron chi connectivity index (χ2n) is 4.17. The summed E-state index contributed by atoms with van der Waals surface area (Å²) in [5.41, 5.74) is 1.50. The van der Waals surface area contributed by atoms with E-state index in [9.17, 15) is 0 Å². The smallest absolute Gasteiger partial charge is 0.180 e. The summed E-state index contributed by atoms with van der Waals surface area (Å²) in [6.07, 6.45) is 6.10. The lowest BCUT2D eigenvalue weighted by Crippen LogP contribution is -2.21. The van der Waals surface area contributed by atoms with Gasteiger partial charge in [-0.15, -0.1) is 11.3 Å². The summed E-state index contributed by atoms with van der Waals surface area (Å²) in [7, 11) is 2.03. The molecule has 3 aromatic rings. The van der Waals surface area contributed by atoms with Gasteiger partial charge in [-0.3, -0.25) is 4.98 Å². The lowest BCUT2D eigenvalue weighted by Gasteiger charge is -2.17. The average Bonchev–Trinajstić information content (AvgIpc) is 2.97. The monoisotopic (exact) mass is 271 g/mol. The number of hydrogen-bond donors (Lipinski definition) is 0. The van der Waals surface area contributed by atoms with Gasteiger partial charge in [-0.25, -0.2) is 15.0 Å². The normalized spacial score (nSPS) is 10.8. The number of rotatable bonds is 4. The van der Waals surface area contributed by atoms with E-state index in [1.54, 1.807) is 23.7 Å². The van der Waals surface area contributed by atoms with E-state index in [2.05, 4.69) is 24.8 Å². The van der Waals surface area contributed by atoms with Crippen molar-refractivity contribution in [1.82, 2.24) is 19.9 Å². The molecule has 0 unspecified atom stereocenters. The van der Waals surface area contributed by atoms with E-state index in [1.165, 1.54) is 0 Å². The first-order chi connectivity index (χ1) is 9.33. The fourth-order valence-electron chi connectivity index (χ4n) is 1.81. The van der Waals surface area contributed by atoms with Crippen LogP contribution in [0.2, 0.25) is 0 Å². The highest BCUT2D eigenvalue weighted by atomic mass is 32.1. The quantitative estimate of drug-likeness (QED) is 0.728. The first-order valence-corrected chi connectivity index (χ1v) is 6.88. The molecule has 0 aliphatic carbocycles. The lowest BCUT2D eigenvalue weighted by atomic mass is 10.3. The molecule has 0 spiro atoms. The van der Waals surface area contributed by atoms with Crippen LogP contribution in [-0.4, -0.2) is 33.5 Å². The van der Waals surface area contributed by atoms with Gasteiger partial charge >= 0.3 is 0 Å². The first kappa shape index (κ1) is 12.0. The lowest BCUT2D eigenvalue weighted by molar-refractivity contribution is 0.855. The number of thiazole rings is 1. The van der Waals surface area contributed by atoms with Gasteiger partial charge in [0, 0.05) is 44.0 Å². The Morgan fingerprint density at radius 3 is 2.84 bits per heavy atom. The van der Waals surface area contributed by atoms with Crippen molar-refractivity contribution >= 4 is 28.3 Å². The van der Waals surface area contributed by atoms with Crippen molar-refractivity contribution in [2.75, 3.05) is 18.5 Å². The van der Waals surface area contributed by atoms with E-state index in [0.717, 1.165) is 29.3 Å². The molecule has 5 nitrogen and oxygen atoms in total. The highest BCUT2D eigenvalue weighted by molar-refractivity contribution is 7.09. The van der Waals surface area contributed by atoms with Crippen LogP contribution in [0.15, 0.2) is 36.1 Å². The minimum absolute atomic E-state index is 0.682. The van der Waals surface area contributed by atoms with Gasteiger partial charge in [-0.2, -0.15) is 0 Å². The summed E-state index contributed by atoms with van der Waals surface area (Å²) in [6.45, 7) is 0.881. The molecule has 19 heavy (non-hydrogen) atoms. The molecule has 96 valence electrons. The Hall–Kier alpha value is -2.08. The van der Waals surface area contributed by atoms with Gasteiger partial charge < -0.3 is 4.90 Å². The van der Waals surface area contributed by atoms with Crippen molar-refractivity contribution in [2.24, 2.45) is 0 Å². The largest absolute Gasteiger partial charge is 0.359 e. The topological polar surface area (TPSA) is 54.8 Å². The van der Waals surface area contributed by atoms with E-state index in [4.69, 9.17) is 0 Å². The summed E-state index contributed by atoms with van der Waals surface area (Å²) in [5, 5.41) is 3.14. The second-order valence-corrected chi connectivity index (χ2v) is 5.15. The zero-order valence-corrected chi connectivity index (χ0v) is 11.3. The van der Waals surface area contributed by atoms with Crippen LogP contribution in [0.3, 0.4) is 0 Å². The highest BCUT2D eigenvalue weighted by Crippen LogP contribution is 2.14. The average molecular weight is 271 g/mol. The van der Waals surface area contributed by atoms with Crippen LogP contribution in [-0.2, 0) is 6.42 Å². The van der Waals surface area contributed by atoms with Crippen LogP contribution in [0.1, 0.15) is 5.01 Å². The van der Waals surface area contributed by atoms with Gasteiger partial charge in [0.2, 0.25) is 0 Å². The van der Waals surface area contributed by atoms with Crippen LogP contribution in [0.25, 0.3) is 11.2 Å².